The zero-order chi connectivity index (χ0) is 13.0. The third-order valence-electron chi connectivity index (χ3n) is 2.37. The summed E-state index contributed by atoms with van der Waals surface area (Å²) in [5, 5.41) is 16.4. The molecule has 0 spiro atoms. The van der Waals surface area contributed by atoms with Crippen molar-refractivity contribution >= 4 is 27.9 Å². The van der Waals surface area contributed by atoms with Gasteiger partial charge in [0.2, 0.25) is 0 Å². The first-order chi connectivity index (χ1) is 8.65. The Labute approximate surface area is 113 Å². The SMILES string of the molecule is O=[N+]([O-])c1cc(CNCc2cccc(Cl)c2)cs1. The summed E-state index contributed by atoms with van der Waals surface area (Å²) in [5.41, 5.74) is 2.01. The van der Waals surface area contributed by atoms with E-state index in [0.29, 0.717) is 18.1 Å². The Morgan fingerprint density at radius 1 is 1.28 bits per heavy atom. The third kappa shape index (κ3) is 3.53. The maximum Gasteiger partial charge on any atom is 0.324 e. The Morgan fingerprint density at radius 3 is 2.72 bits per heavy atom. The predicted octanol–water partition coefficient (Wildman–Crippen LogP) is 3.60. The van der Waals surface area contributed by atoms with E-state index in [1.807, 2.05) is 24.3 Å². The molecule has 2 rings (SSSR count). The lowest BCUT2D eigenvalue weighted by Crippen LogP contribution is -2.11. The van der Waals surface area contributed by atoms with Crippen LogP contribution in [0.25, 0.3) is 0 Å². The van der Waals surface area contributed by atoms with Gasteiger partial charge >= 0.3 is 5.00 Å². The van der Waals surface area contributed by atoms with Gasteiger partial charge in [0.1, 0.15) is 0 Å². The van der Waals surface area contributed by atoms with Gasteiger partial charge in [0.15, 0.2) is 0 Å². The van der Waals surface area contributed by atoms with E-state index in [0.717, 1.165) is 22.5 Å². The van der Waals surface area contributed by atoms with E-state index in [-0.39, 0.29) is 9.92 Å². The van der Waals surface area contributed by atoms with Gasteiger partial charge in [0.05, 0.1) is 4.92 Å². The second-order valence-corrected chi connectivity index (χ2v) is 5.11. The zero-order valence-electron chi connectivity index (χ0n) is 9.43. The van der Waals surface area contributed by atoms with E-state index in [1.54, 1.807) is 11.4 Å². The molecule has 0 radical (unpaired) electrons. The van der Waals surface area contributed by atoms with Gasteiger partial charge in [0.25, 0.3) is 0 Å². The Balaban J connectivity index is 1.86. The van der Waals surface area contributed by atoms with Crippen LogP contribution in [0.1, 0.15) is 11.1 Å². The van der Waals surface area contributed by atoms with Crippen LogP contribution >= 0.6 is 22.9 Å². The van der Waals surface area contributed by atoms with E-state index < -0.39 is 0 Å². The zero-order valence-corrected chi connectivity index (χ0v) is 11.0. The fourth-order valence-corrected chi connectivity index (χ4v) is 2.49. The fraction of sp³-hybridized carbons (Fsp3) is 0.167. The van der Waals surface area contributed by atoms with E-state index in [4.69, 9.17) is 11.6 Å². The average molecular weight is 283 g/mol. The lowest BCUT2D eigenvalue weighted by molar-refractivity contribution is -0.380. The quantitative estimate of drug-likeness (QED) is 0.673. The molecule has 0 aliphatic rings. The fourth-order valence-electron chi connectivity index (χ4n) is 1.55. The number of thiophene rings is 1. The van der Waals surface area contributed by atoms with Crippen molar-refractivity contribution in [2.45, 2.75) is 13.1 Å². The third-order valence-corrected chi connectivity index (χ3v) is 3.53. The molecule has 1 N–H and O–H groups in total. The summed E-state index contributed by atoms with van der Waals surface area (Å²) < 4.78 is 0. The first-order valence-electron chi connectivity index (χ1n) is 5.32. The summed E-state index contributed by atoms with van der Waals surface area (Å²) in [6.45, 7) is 1.29. The van der Waals surface area contributed by atoms with E-state index in [9.17, 15) is 10.1 Å². The molecule has 0 aliphatic heterocycles. The molecule has 1 aromatic carbocycles. The molecule has 0 fully saturated rings. The molecule has 94 valence electrons. The summed E-state index contributed by atoms with van der Waals surface area (Å²) >= 11 is 7.02. The van der Waals surface area contributed by atoms with Crippen LogP contribution in [0.15, 0.2) is 35.7 Å². The van der Waals surface area contributed by atoms with Crippen LogP contribution in [-0.2, 0) is 13.1 Å². The van der Waals surface area contributed by atoms with Crippen molar-refractivity contribution in [3.63, 3.8) is 0 Å². The number of halogens is 1. The number of nitrogens with one attached hydrogen (secondary N) is 1. The molecule has 0 amide bonds. The molecule has 0 bridgehead atoms. The van der Waals surface area contributed by atoms with Crippen molar-refractivity contribution in [1.82, 2.24) is 5.32 Å². The molecule has 2 aromatic rings. The second-order valence-electron chi connectivity index (χ2n) is 3.78. The number of hydrogen-bond donors (Lipinski definition) is 1. The number of hydrogen-bond acceptors (Lipinski definition) is 4. The molecule has 18 heavy (non-hydrogen) atoms. The summed E-state index contributed by atoms with van der Waals surface area (Å²) in [6.07, 6.45) is 0. The van der Waals surface area contributed by atoms with Crippen molar-refractivity contribution in [3.8, 4) is 0 Å². The van der Waals surface area contributed by atoms with Crippen LogP contribution < -0.4 is 5.32 Å². The average Bonchev–Trinajstić information content (AvgIpc) is 2.78. The minimum Gasteiger partial charge on any atom is -0.309 e. The summed E-state index contributed by atoms with van der Waals surface area (Å²) in [4.78, 5) is 10.2. The maximum absolute atomic E-state index is 10.5. The molecule has 0 saturated carbocycles. The second kappa shape index (κ2) is 5.95. The summed E-state index contributed by atoms with van der Waals surface area (Å²) in [7, 11) is 0. The van der Waals surface area contributed by atoms with Gasteiger partial charge in [0, 0.05) is 29.6 Å². The topological polar surface area (TPSA) is 55.2 Å². The number of nitrogens with zero attached hydrogens (tertiary/aromatic N) is 1. The van der Waals surface area contributed by atoms with Crippen molar-refractivity contribution in [3.05, 3.63) is 62.0 Å². The van der Waals surface area contributed by atoms with Gasteiger partial charge in [-0.15, -0.1) is 0 Å². The number of rotatable bonds is 5. The Hall–Kier alpha value is -1.43. The molecule has 1 heterocycles. The first-order valence-corrected chi connectivity index (χ1v) is 6.58. The predicted molar refractivity (Wildman–Crippen MR) is 73.0 cm³/mol. The first kappa shape index (κ1) is 13.0. The van der Waals surface area contributed by atoms with Gasteiger partial charge in [-0.3, -0.25) is 10.1 Å². The van der Waals surface area contributed by atoms with Gasteiger partial charge in [-0.1, -0.05) is 35.1 Å². The van der Waals surface area contributed by atoms with Gasteiger partial charge in [-0.2, -0.15) is 0 Å². The van der Waals surface area contributed by atoms with Gasteiger partial charge < -0.3 is 5.32 Å². The summed E-state index contributed by atoms with van der Waals surface area (Å²) in [6, 6.07) is 9.19. The molecule has 0 unspecified atom stereocenters. The molecule has 6 heteroatoms. The van der Waals surface area contributed by atoms with Crippen molar-refractivity contribution in [2.75, 3.05) is 0 Å². The lowest BCUT2D eigenvalue weighted by Gasteiger charge is -2.03. The smallest absolute Gasteiger partial charge is 0.309 e. The van der Waals surface area contributed by atoms with Crippen LogP contribution in [0.5, 0.6) is 0 Å². The summed E-state index contributed by atoms with van der Waals surface area (Å²) in [5.74, 6) is 0. The maximum atomic E-state index is 10.5. The van der Waals surface area contributed by atoms with E-state index >= 15 is 0 Å². The standard InChI is InChI=1S/C12H11ClN2O2S/c13-11-3-1-2-9(4-11)6-14-7-10-5-12(15(16)17)18-8-10/h1-5,8,14H,6-7H2. The highest BCUT2D eigenvalue weighted by Gasteiger charge is 2.08. The highest BCUT2D eigenvalue weighted by molar-refractivity contribution is 7.13. The highest BCUT2D eigenvalue weighted by atomic mass is 35.5. The lowest BCUT2D eigenvalue weighted by atomic mass is 10.2. The van der Waals surface area contributed by atoms with Crippen molar-refractivity contribution in [2.24, 2.45) is 0 Å². The molecule has 0 saturated heterocycles. The Kier molecular flexibility index (Phi) is 4.30. The van der Waals surface area contributed by atoms with Crippen LogP contribution in [-0.4, -0.2) is 4.92 Å². The van der Waals surface area contributed by atoms with Gasteiger partial charge in [-0.25, -0.2) is 0 Å². The van der Waals surface area contributed by atoms with Crippen molar-refractivity contribution < 1.29 is 4.92 Å². The minimum absolute atomic E-state index is 0.176. The Bertz CT molecular complexity index is 557. The molecule has 0 aliphatic carbocycles. The number of nitro groups is 1. The number of benzene rings is 1. The Morgan fingerprint density at radius 2 is 2.06 bits per heavy atom. The molecular weight excluding hydrogens is 272 g/mol. The largest absolute Gasteiger partial charge is 0.324 e. The normalized spacial score (nSPS) is 10.5. The van der Waals surface area contributed by atoms with Crippen molar-refractivity contribution in [1.29, 1.82) is 0 Å². The molecule has 0 atom stereocenters. The minimum atomic E-state index is -0.370. The van der Waals surface area contributed by atoms with E-state index in [2.05, 4.69) is 5.32 Å². The van der Waals surface area contributed by atoms with Crippen LogP contribution in [0.4, 0.5) is 5.00 Å². The van der Waals surface area contributed by atoms with E-state index in [1.165, 1.54) is 0 Å². The van der Waals surface area contributed by atoms with Crippen LogP contribution in [0.3, 0.4) is 0 Å². The highest BCUT2D eigenvalue weighted by Crippen LogP contribution is 2.22. The van der Waals surface area contributed by atoms with Gasteiger partial charge in [-0.05, 0) is 23.3 Å². The molecule has 1 aromatic heterocycles. The van der Waals surface area contributed by atoms with Crippen LogP contribution in [0.2, 0.25) is 5.02 Å². The molecule has 4 nitrogen and oxygen atoms in total. The molecular formula is C12H11ClN2O2S. The van der Waals surface area contributed by atoms with Crippen LogP contribution in [0, 0.1) is 10.1 Å². The monoisotopic (exact) mass is 282 g/mol.